The van der Waals surface area contributed by atoms with Crippen molar-refractivity contribution >= 4 is 24.0 Å². The quantitative estimate of drug-likeness (QED) is 0.820. The zero-order valence-electron chi connectivity index (χ0n) is 13.3. The van der Waals surface area contributed by atoms with E-state index in [1.165, 1.54) is 12.1 Å². The Kier molecular flexibility index (Phi) is 7.65. The lowest BCUT2D eigenvalue weighted by Gasteiger charge is -2.36. The summed E-state index contributed by atoms with van der Waals surface area (Å²) in [4.78, 5) is 2.23. The molecule has 0 aliphatic carbocycles. The summed E-state index contributed by atoms with van der Waals surface area (Å²) < 4.78 is 39.0. The molecule has 0 amide bonds. The molecule has 1 fully saturated rings. The molecule has 0 aromatic heterocycles. The highest BCUT2D eigenvalue weighted by Crippen LogP contribution is 2.37. The molecule has 2 rings (SSSR count). The zero-order chi connectivity index (χ0) is 16.3. The van der Waals surface area contributed by atoms with E-state index in [1.807, 2.05) is 0 Å². The number of nitrogens with zero attached hydrogens (tertiary/aromatic N) is 1. The second-order valence-corrected chi connectivity index (χ2v) is 6.57. The Labute approximate surface area is 146 Å². The Morgan fingerprint density at radius 3 is 2.35 bits per heavy atom. The number of halogens is 5. The molecule has 0 bridgehead atoms. The number of piperazine rings is 1. The van der Waals surface area contributed by atoms with Gasteiger partial charge in [0.25, 0.3) is 0 Å². The van der Waals surface area contributed by atoms with E-state index < -0.39 is 11.7 Å². The molecule has 2 nitrogen and oxygen atoms in total. The highest BCUT2D eigenvalue weighted by molar-refractivity contribution is 6.31. The first-order valence-corrected chi connectivity index (χ1v) is 7.98. The minimum Gasteiger partial charge on any atom is -0.314 e. The van der Waals surface area contributed by atoms with Gasteiger partial charge in [-0.1, -0.05) is 25.4 Å². The molecule has 0 spiro atoms. The van der Waals surface area contributed by atoms with Gasteiger partial charge in [-0.3, -0.25) is 4.90 Å². The number of hydrogen-bond donors (Lipinski definition) is 1. The van der Waals surface area contributed by atoms with Gasteiger partial charge in [-0.15, -0.1) is 12.4 Å². The van der Waals surface area contributed by atoms with Crippen molar-refractivity contribution in [1.29, 1.82) is 0 Å². The molecule has 1 heterocycles. The van der Waals surface area contributed by atoms with Crippen molar-refractivity contribution in [1.82, 2.24) is 10.2 Å². The maximum absolute atomic E-state index is 13.0. The van der Waals surface area contributed by atoms with Crippen LogP contribution in [-0.4, -0.2) is 31.1 Å². The van der Waals surface area contributed by atoms with Crippen LogP contribution >= 0.6 is 24.0 Å². The third-order valence-electron chi connectivity index (χ3n) is 3.97. The van der Waals surface area contributed by atoms with Gasteiger partial charge >= 0.3 is 6.18 Å². The summed E-state index contributed by atoms with van der Waals surface area (Å²) in [5.74, 6) is 0.380. The van der Waals surface area contributed by atoms with Gasteiger partial charge in [-0.25, -0.2) is 0 Å². The first-order chi connectivity index (χ1) is 10.3. The van der Waals surface area contributed by atoms with Gasteiger partial charge in [0, 0.05) is 37.2 Å². The van der Waals surface area contributed by atoms with Crippen molar-refractivity contribution in [3.05, 3.63) is 34.3 Å². The molecule has 1 atom stereocenters. The average Bonchev–Trinajstić information content (AvgIpc) is 2.45. The lowest BCUT2D eigenvalue weighted by Crippen LogP contribution is -2.45. The van der Waals surface area contributed by atoms with E-state index in [9.17, 15) is 13.2 Å². The van der Waals surface area contributed by atoms with Gasteiger partial charge < -0.3 is 5.32 Å². The fraction of sp³-hybridized carbons (Fsp3) is 0.625. The molecule has 0 saturated carbocycles. The molecule has 1 aromatic carbocycles. The molecular formula is C16H23Cl2F3N2. The molecule has 1 saturated heterocycles. The topological polar surface area (TPSA) is 15.3 Å². The molecule has 1 aliphatic heterocycles. The van der Waals surface area contributed by atoms with Crippen LogP contribution in [0.15, 0.2) is 18.2 Å². The normalized spacial score (nSPS) is 17.9. The Hall–Kier alpha value is -0.490. The summed E-state index contributed by atoms with van der Waals surface area (Å²) in [6.07, 6.45) is -3.55. The second-order valence-electron chi connectivity index (χ2n) is 6.17. The molecule has 0 radical (unpaired) electrons. The predicted molar refractivity (Wildman–Crippen MR) is 90.3 cm³/mol. The standard InChI is InChI=1S/C16H22ClF3N2.ClH/c1-11(2)9-15(22-7-5-21-6-8-22)13-10-12(16(18,19)20)3-4-14(13)17;/h3-4,10-11,15,21H,5-9H2,1-2H3;1H/t15-;/m1./s1. The molecule has 0 unspecified atom stereocenters. The van der Waals surface area contributed by atoms with Crippen LogP contribution in [0.5, 0.6) is 0 Å². The summed E-state index contributed by atoms with van der Waals surface area (Å²) >= 11 is 6.23. The monoisotopic (exact) mass is 370 g/mol. The van der Waals surface area contributed by atoms with Gasteiger partial charge in [0.15, 0.2) is 0 Å². The Balaban J connectivity index is 0.00000264. The molecule has 1 aliphatic rings. The Morgan fingerprint density at radius 2 is 1.83 bits per heavy atom. The highest BCUT2D eigenvalue weighted by Gasteiger charge is 2.33. The fourth-order valence-corrected chi connectivity index (χ4v) is 3.13. The largest absolute Gasteiger partial charge is 0.416 e. The van der Waals surface area contributed by atoms with Crippen LogP contribution in [0.2, 0.25) is 5.02 Å². The average molecular weight is 371 g/mol. The van der Waals surface area contributed by atoms with Crippen molar-refractivity contribution in [2.24, 2.45) is 5.92 Å². The van der Waals surface area contributed by atoms with Crippen molar-refractivity contribution in [3.63, 3.8) is 0 Å². The summed E-state index contributed by atoms with van der Waals surface area (Å²) in [5.41, 5.74) is -0.0390. The summed E-state index contributed by atoms with van der Waals surface area (Å²) in [5, 5.41) is 3.68. The van der Waals surface area contributed by atoms with Gasteiger partial charge in [-0.2, -0.15) is 13.2 Å². The minimum absolute atomic E-state index is 0. The van der Waals surface area contributed by atoms with E-state index in [0.29, 0.717) is 16.5 Å². The molecular weight excluding hydrogens is 348 g/mol. The van der Waals surface area contributed by atoms with Crippen LogP contribution in [0.25, 0.3) is 0 Å². The van der Waals surface area contributed by atoms with Gasteiger partial charge in [0.2, 0.25) is 0 Å². The smallest absolute Gasteiger partial charge is 0.314 e. The molecule has 1 N–H and O–H groups in total. The van der Waals surface area contributed by atoms with Crippen LogP contribution in [0.3, 0.4) is 0 Å². The van der Waals surface area contributed by atoms with Gasteiger partial charge in [-0.05, 0) is 36.1 Å². The molecule has 7 heteroatoms. The molecule has 132 valence electrons. The number of benzene rings is 1. The zero-order valence-corrected chi connectivity index (χ0v) is 14.9. The third-order valence-corrected chi connectivity index (χ3v) is 4.31. The summed E-state index contributed by atoms with van der Waals surface area (Å²) in [7, 11) is 0. The van der Waals surface area contributed by atoms with E-state index in [2.05, 4.69) is 24.1 Å². The van der Waals surface area contributed by atoms with Crippen LogP contribution in [0.4, 0.5) is 13.2 Å². The van der Waals surface area contributed by atoms with Gasteiger partial charge in [0.1, 0.15) is 0 Å². The first-order valence-electron chi connectivity index (χ1n) is 7.60. The van der Waals surface area contributed by atoms with E-state index in [4.69, 9.17) is 11.6 Å². The van der Waals surface area contributed by atoms with Crippen LogP contribution in [0.1, 0.15) is 37.4 Å². The van der Waals surface area contributed by atoms with E-state index in [1.54, 1.807) is 0 Å². The first kappa shape index (κ1) is 20.6. The maximum atomic E-state index is 13.0. The third kappa shape index (κ3) is 5.52. The predicted octanol–water partition coefficient (Wildman–Crippen LogP) is 4.77. The van der Waals surface area contributed by atoms with Crippen molar-refractivity contribution in [2.75, 3.05) is 26.2 Å². The molecule has 23 heavy (non-hydrogen) atoms. The van der Waals surface area contributed by atoms with Crippen molar-refractivity contribution in [2.45, 2.75) is 32.5 Å². The van der Waals surface area contributed by atoms with Crippen LogP contribution < -0.4 is 5.32 Å². The Bertz CT molecular complexity index is 501. The fourth-order valence-electron chi connectivity index (χ4n) is 2.89. The number of hydrogen-bond acceptors (Lipinski definition) is 2. The maximum Gasteiger partial charge on any atom is 0.416 e. The highest BCUT2D eigenvalue weighted by atomic mass is 35.5. The Morgan fingerprint density at radius 1 is 1.22 bits per heavy atom. The van der Waals surface area contributed by atoms with Crippen molar-refractivity contribution in [3.8, 4) is 0 Å². The van der Waals surface area contributed by atoms with E-state index in [0.717, 1.165) is 38.7 Å². The lowest BCUT2D eigenvalue weighted by atomic mass is 9.93. The SMILES string of the molecule is CC(C)C[C@H](c1cc(C(F)(F)F)ccc1Cl)N1CCNCC1.Cl. The van der Waals surface area contributed by atoms with Crippen LogP contribution in [-0.2, 0) is 6.18 Å². The van der Waals surface area contributed by atoms with Gasteiger partial charge in [0.05, 0.1) is 5.56 Å². The summed E-state index contributed by atoms with van der Waals surface area (Å²) in [6.45, 7) is 7.51. The summed E-state index contributed by atoms with van der Waals surface area (Å²) in [6, 6.07) is 3.57. The molecule has 1 aromatic rings. The lowest BCUT2D eigenvalue weighted by molar-refractivity contribution is -0.137. The van der Waals surface area contributed by atoms with E-state index >= 15 is 0 Å². The number of alkyl halides is 3. The number of rotatable bonds is 4. The van der Waals surface area contributed by atoms with Crippen LogP contribution in [0, 0.1) is 5.92 Å². The second kappa shape index (κ2) is 8.56. The minimum atomic E-state index is -4.34. The number of nitrogens with one attached hydrogen (secondary N) is 1. The van der Waals surface area contributed by atoms with E-state index in [-0.39, 0.29) is 18.4 Å². The van der Waals surface area contributed by atoms with Crippen molar-refractivity contribution < 1.29 is 13.2 Å².